The molecule has 108 valence electrons. The first-order chi connectivity index (χ1) is 10.1. The number of aromatic amines is 2. The summed E-state index contributed by atoms with van der Waals surface area (Å²) in [4.78, 5) is 17.0. The lowest BCUT2D eigenvalue weighted by molar-refractivity contribution is 1.11. The van der Waals surface area contributed by atoms with Gasteiger partial charge in [0.15, 0.2) is 0 Å². The number of hydrogen-bond acceptors (Lipinski definition) is 1. The SMILES string of the molecule is CCc1ccc(C(Br)c2cc3[nH]c(=O)[nH]c3cc2Br)cc1. The number of imidazole rings is 1. The van der Waals surface area contributed by atoms with E-state index in [-0.39, 0.29) is 10.5 Å². The van der Waals surface area contributed by atoms with E-state index in [1.165, 1.54) is 11.1 Å². The summed E-state index contributed by atoms with van der Waals surface area (Å²) >= 11 is 7.34. The number of halogens is 2. The molecule has 3 aromatic rings. The van der Waals surface area contributed by atoms with Crippen LogP contribution in [-0.4, -0.2) is 9.97 Å². The molecule has 2 N–H and O–H groups in total. The molecule has 21 heavy (non-hydrogen) atoms. The number of fused-ring (bicyclic) bond motifs is 1. The van der Waals surface area contributed by atoms with Gasteiger partial charge in [0.1, 0.15) is 0 Å². The van der Waals surface area contributed by atoms with E-state index in [2.05, 4.69) is 73.0 Å². The fraction of sp³-hybridized carbons (Fsp3) is 0.188. The smallest absolute Gasteiger partial charge is 0.306 e. The number of H-pyrrole nitrogens is 2. The van der Waals surface area contributed by atoms with Crippen LogP contribution in [0.5, 0.6) is 0 Å². The van der Waals surface area contributed by atoms with Crippen LogP contribution in [0.1, 0.15) is 28.4 Å². The largest absolute Gasteiger partial charge is 0.323 e. The molecular weight excluding hydrogens is 396 g/mol. The highest BCUT2D eigenvalue weighted by Gasteiger charge is 2.15. The summed E-state index contributed by atoms with van der Waals surface area (Å²) in [5.74, 6) is 0. The van der Waals surface area contributed by atoms with Gasteiger partial charge in [-0.05, 0) is 35.2 Å². The molecule has 3 nitrogen and oxygen atoms in total. The summed E-state index contributed by atoms with van der Waals surface area (Å²) in [5.41, 5.74) is 5.02. The summed E-state index contributed by atoms with van der Waals surface area (Å²) in [6, 6.07) is 12.5. The molecule has 0 fully saturated rings. The van der Waals surface area contributed by atoms with E-state index in [4.69, 9.17) is 0 Å². The van der Waals surface area contributed by atoms with E-state index in [1.54, 1.807) is 0 Å². The predicted molar refractivity (Wildman–Crippen MR) is 93.2 cm³/mol. The molecule has 0 saturated heterocycles. The van der Waals surface area contributed by atoms with Crippen molar-refractivity contribution >= 4 is 42.9 Å². The van der Waals surface area contributed by atoms with Crippen LogP contribution in [-0.2, 0) is 6.42 Å². The number of alkyl halides is 1. The van der Waals surface area contributed by atoms with Crippen LogP contribution >= 0.6 is 31.9 Å². The third kappa shape index (κ3) is 2.85. The van der Waals surface area contributed by atoms with Crippen molar-refractivity contribution in [3.05, 3.63) is 68.0 Å². The molecule has 0 bridgehead atoms. The molecule has 3 rings (SSSR count). The maximum absolute atomic E-state index is 11.4. The molecule has 0 aliphatic heterocycles. The van der Waals surface area contributed by atoms with Crippen LogP contribution < -0.4 is 5.69 Å². The number of aromatic nitrogens is 2. The lowest BCUT2D eigenvalue weighted by Gasteiger charge is -2.13. The van der Waals surface area contributed by atoms with Gasteiger partial charge in [-0.1, -0.05) is 63.0 Å². The van der Waals surface area contributed by atoms with E-state index < -0.39 is 0 Å². The van der Waals surface area contributed by atoms with Gasteiger partial charge in [0.2, 0.25) is 0 Å². The Balaban J connectivity index is 2.04. The molecule has 0 saturated carbocycles. The third-order valence-electron chi connectivity index (χ3n) is 3.59. The van der Waals surface area contributed by atoms with Crippen LogP contribution in [0.15, 0.2) is 45.7 Å². The standard InChI is InChI=1S/C16H14Br2N2O/c1-2-9-3-5-10(6-4-9)15(18)11-7-13-14(8-12(11)17)20-16(21)19-13/h3-8,15H,2H2,1H3,(H2,19,20,21). The number of nitrogens with one attached hydrogen (secondary N) is 2. The van der Waals surface area contributed by atoms with Crippen molar-refractivity contribution in [3.63, 3.8) is 0 Å². The van der Waals surface area contributed by atoms with Gasteiger partial charge in [-0.3, -0.25) is 0 Å². The van der Waals surface area contributed by atoms with Gasteiger partial charge in [0.05, 0.1) is 15.9 Å². The zero-order valence-electron chi connectivity index (χ0n) is 11.4. The first-order valence-corrected chi connectivity index (χ1v) is 8.43. The lowest BCUT2D eigenvalue weighted by Crippen LogP contribution is -1.99. The second-order valence-electron chi connectivity index (χ2n) is 4.96. The minimum atomic E-state index is -0.188. The molecule has 0 aliphatic rings. The molecule has 5 heteroatoms. The highest BCUT2D eigenvalue weighted by Crippen LogP contribution is 2.36. The summed E-state index contributed by atoms with van der Waals surface area (Å²) in [7, 11) is 0. The van der Waals surface area contributed by atoms with Crippen molar-refractivity contribution in [1.82, 2.24) is 9.97 Å². The molecule has 1 atom stereocenters. The Morgan fingerprint density at radius 3 is 2.33 bits per heavy atom. The Morgan fingerprint density at radius 2 is 1.71 bits per heavy atom. The zero-order valence-corrected chi connectivity index (χ0v) is 14.6. The fourth-order valence-corrected chi connectivity index (χ4v) is 3.93. The van der Waals surface area contributed by atoms with Gasteiger partial charge >= 0.3 is 5.69 Å². The molecule has 1 unspecified atom stereocenters. The normalized spacial score (nSPS) is 12.7. The minimum Gasteiger partial charge on any atom is -0.306 e. The van der Waals surface area contributed by atoms with Crippen molar-refractivity contribution in [3.8, 4) is 0 Å². The number of rotatable bonds is 3. The molecule has 1 heterocycles. The van der Waals surface area contributed by atoms with Crippen molar-refractivity contribution in [2.75, 3.05) is 0 Å². The van der Waals surface area contributed by atoms with Gasteiger partial charge < -0.3 is 9.97 Å². The van der Waals surface area contributed by atoms with Crippen LogP contribution in [0.2, 0.25) is 0 Å². The average Bonchev–Trinajstić information content (AvgIpc) is 2.85. The summed E-state index contributed by atoms with van der Waals surface area (Å²) in [6.07, 6.45) is 1.04. The topological polar surface area (TPSA) is 48.6 Å². The van der Waals surface area contributed by atoms with E-state index in [0.717, 1.165) is 27.5 Å². The van der Waals surface area contributed by atoms with Crippen molar-refractivity contribution in [1.29, 1.82) is 0 Å². The van der Waals surface area contributed by atoms with Crippen molar-refractivity contribution < 1.29 is 0 Å². The van der Waals surface area contributed by atoms with Crippen molar-refractivity contribution in [2.45, 2.75) is 18.2 Å². The van der Waals surface area contributed by atoms with E-state index in [1.807, 2.05) is 12.1 Å². The van der Waals surface area contributed by atoms with Crippen LogP contribution in [0, 0.1) is 0 Å². The van der Waals surface area contributed by atoms with Crippen LogP contribution in [0.4, 0.5) is 0 Å². The van der Waals surface area contributed by atoms with Gasteiger partial charge in [0, 0.05) is 4.47 Å². The van der Waals surface area contributed by atoms with E-state index >= 15 is 0 Å². The van der Waals surface area contributed by atoms with Gasteiger partial charge in [0.25, 0.3) is 0 Å². The fourth-order valence-electron chi connectivity index (χ4n) is 2.37. The first-order valence-electron chi connectivity index (χ1n) is 6.73. The summed E-state index contributed by atoms with van der Waals surface area (Å²) < 4.78 is 0.965. The monoisotopic (exact) mass is 408 g/mol. The maximum Gasteiger partial charge on any atom is 0.323 e. The Labute approximate surface area is 139 Å². The second kappa shape index (κ2) is 5.81. The van der Waals surface area contributed by atoms with E-state index in [0.29, 0.717) is 0 Å². The molecular formula is C16H14Br2N2O. The van der Waals surface area contributed by atoms with Crippen LogP contribution in [0.3, 0.4) is 0 Å². The quantitative estimate of drug-likeness (QED) is 0.607. The Hall–Kier alpha value is -1.33. The highest BCUT2D eigenvalue weighted by molar-refractivity contribution is 9.11. The van der Waals surface area contributed by atoms with Crippen molar-refractivity contribution in [2.24, 2.45) is 0 Å². The maximum atomic E-state index is 11.4. The lowest BCUT2D eigenvalue weighted by atomic mass is 10.0. The molecule has 0 spiro atoms. The molecule has 2 aromatic carbocycles. The molecule has 0 aliphatic carbocycles. The number of hydrogen-bond donors (Lipinski definition) is 2. The minimum absolute atomic E-state index is 0.0700. The molecule has 1 aromatic heterocycles. The zero-order chi connectivity index (χ0) is 15.0. The average molecular weight is 410 g/mol. The second-order valence-corrected chi connectivity index (χ2v) is 6.73. The summed E-state index contributed by atoms with van der Waals surface area (Å²) in [5, 5.41) is 0. The third-order valence-corrected chi connectivity index (χ3v) is 5.30. The Bertz CT molecular complexity index is 834. The molecule has 0 amide bonds. The summed E-state index contributed by atoms with van der Waals surface area (Å²) in [6.45, 7) is 2.15. The molecule has 0 radical (unpaired) electrons. The highest BCUT2D eigenvalue weighted by atomic mass is 79.9. The van der Waals surface area contributed by atoms with E-state index in [9.17, 15) is 4.79 Å². The number of aryl methyl sites for hydroxylation is 1. The Kier molecular flexibility index (Phi) is 4.04. The Morgan fingerprint density at radius 1 is 1.10 bits per heavy atom. The number of benzene rings is 2. The van der Waals surface area contributed by atoms with Crippen LogP contribution in [0.25, 0.3) is 11.0 Å². The van der Waals surface area contributed by atoms with Gasteiger partial charge in [-0.2, -0.15) is 0 Å². The van der Waals surface area contributed by atoms with Gasteiger partial charge in [-0.25, -0.2) is 4.79 Å². The van der Waals surface area contributed by atoms with Gasteiger partial charge in [-0.15, -0.1) is 0 Å². The first kappa shape index (κ1) is 14.6. The predicted octanol–water partition coefficient (Wildman–Crippen LogP) is 4.67.